The Morgan fingerprint density at radius 1 is 1.21 bits per heavy atom. The quantitative estimate of drug-likeness (QED) is 0.340. The molecule has 0 aromatic heterocycles. The number of carbonyl (C=O) groups is 1. The van der Waals surface area contributed by atoms with Crippen LogP contribution in [0.3, 0.4) is 0 Å². The molecule has 0 heterocycles. The van der Waals surface area contributed by atoms with Crippen molar-refractivity contribution in [3.8, 4) is 5.75 Å². The maximum absolute atomic E-state index is 12.1. The summed E-state index contributed by atoms with van der Waals surface area (Å²) in [6.45, 7) is -1.31. The number of benzene rings is 2. The van der Waals surface area contributed by atoms with Crippen LogP contribution in [-0.4, -0.2) is 17.3 Å². The minimum Gasteiger partial charge on any atom is -0.435 e. The summed E-state index contributed by atoms with van der Waals surface area (Å²) < 4.78 is 28.3. The van der Waals surface area contributed by atoms with Gasteiger partial charge in [-0.2, -0.15) is 8.78 Å². The van der Waals surface area contributed by atoms with Gasteiger partial charge in [-0.05, 0) is 30.7 Å². The molecule has 7 heteroatoms. The topological polar surface area (TPSA) is 69.4 Å². The van der Waals surface area contributed by atoms with E-state index in [2.05, 4.69) is 4.74 Å². The van der Waals surface area contributed by atoms with Gasteiger partial charge in [-0.1, -0.05) is 30.3 Å². The maximum Gasteiger partial charge on any atom is 0.387 e. The normalized spacial score (nSPS) is 11.0. The molecule has 0 radical (unpaired) electrons. The minimum atomic E-state index is -2.90. The molecule has 0 N–H and O–H groups in total. The Hall–Kier alpha value is -3.09. The molecule has 0 aliphatic heterocycles. The van der Waals surface area contributed by atoms with E-state index in [0.29, 0.717) is 11.1 Å². The molecule has 2 rings (SSSR count). The van der Waals surface area contributed by atoms with Gasteiger partial charge in [0.2, 0.25) is 0 Å². The molecule has 0 fully saturated rings. The van der Waals surface area contributed by atoms with Gasteiger partial charge in [0.25, 0.3) is 5.69 Å². The minimum absolute atomic E-state index is 0.0163. The van der Waals surface area contributed by atoms with E-state index in [-0.39, 0.29) is 17.0 Å². The molecule has 0 spiro atoms. The first-order chi connectivity index (χ1) is 11.4. The van der Waals surface area contributed by atoms with Crippen LogP contribution in [0.1, 0.15) is 21.5 Å². The number of carbonyl (C=O) groups excluding carboxylic acids is 1. The Bertz CT molecular complexity index is 786. The van der Waals surface area contributed by atoms with Gasteiger partial charge in [-0.3, -0.25) is 14.9 Å². The lowest BCUT2D eigenvalue weighted by Crippen LogP contribution is -2.01. The molecule has 0 unspecified atom stereocenters. The first-order valence-corrected chi connectivity index (χ1v) is 6.89. The molecule has 0 aliphatic carbocycles. The summed E-state index contributed by atoms with van der Waals surface area (Å²) in [6, 6.07) is 9.98. The summed E-state index contributed by atoms with van der Waals surface area (Å²) in [4.78, 5) is 22.4. The van der Waals surface area contributed by atoms with Crippen LogP contribution in [0, 0.1) is 17.0 Å². The van der Waals surface area contributed by atoms with E-state index in [0.717, 1.165) is 0 Å². The zero-order valence-corrected chi connectivity index (χ0v) is 12.6. The van der Waals surface area contributed by atoms with Gasteiger partial charge in [0.1, 0.15) is 5.75 Å². The van der Waals surface area contributed by atoms with Crippen LogP contribution < -0.4 is 4.74 Å². The number of alkyl halides is 2. The van der Waals surface area contributed by atoms with Crippen molar-refractivity contribution in [1.82, 2.24) is 0 Å². The third-order valence-corrected chi connectivity index (χ3v) is 3.22. The Balaban J connectivity index is 2.13. The Morgan fingerprint density at radius 3 is 2.46 bits per heavy atom. The zero-order valence-electron chi connectivity index (χ0n) is 12.6. The first-order valence-electron chi connectivity index (χ1n) is 6.89. The molecule has 0 saturated heterocycles. The second kappa shape index (κ2) is 7.45. The summed E-state index contributed by atoms with van der Waals surface area (Å²) in [5.41, 5.74) is 1.14. The summed E-state index contributed by atoms with van der Waals surface area (Å²) in [6.07, 6.45) is 2.75. The van der Waals surface area contributed by atoms with E-state index in [4.69, 9.17) is 0 Å². The number of nitro groups is 1. The molecular weight excluding hydrogens is 320 g/mol. The molecule has 2 aromatic rings. The number of ether oxygens (including phenoxy) is 1. The monoisotopic (exact) mass is 333 g/mol. The van der Waals surface area contributed by atoms with Gasteiger partial charge in [0.05, 0.1) is 4.92 Å². The highest BCUT2D eigenvalue weighted by atomic mass is 19.3. The molecule has 124 valence electrons. The van der Waals surface area contributed by atoms with Crippen molar-refractivity contribution < 1.29 is 23.2 Å². The Kier molecular flexibility index (Phi) is 5.36. The van der Waals surface area contributed by atoms with Crippen molar-refractivity contribution >= 4 is 17.5 Å². The first kappa shape index (κ1) is 17.3. The number of hydrogen-bond donors (Lipinski definition) is 0. The number of allylic oxidation sites excluding steroid dienone is 1. The highest BCUT2D eigenvalue weighted by Crippen LogP contribution is 2.20. The SMILES string of the molecule is Cc1ccc(C(=O)/C=C/c2ccc(OC(F)F)cc2)cc1[N+](=O)[O-]. The summed E-state index contributed by atoms with van der Waals surface area (Å²) in [5, 5.41) is 10.9. The number of ketones is 1. The van der Waals surface area contributed by atoms with Gasteiger partial charge < -0.3 is 4.74 Å². The van der Waals surface area contributed by atoms with Crippen LogP contribution in [-0.2, 0) is 0 Å². The number of halogens is 2. The van der Waals surface area contributed by atoms with Crippen LogP contribution in [0.25, 0.3) is 6.08 Å². The lowest BCUT2D eigenvalue weighted by molar-refractivity contribution is -0.385. The van der Waals surface area contributed by atoms with Crippen LogP contribution >= 0.6 is 0 Å². The standard InChI is InChI=1S/C17H13F2NO4/c1-11-2-6-13(10-15(11)20(22)23)16(21)9-5-12-3-7-14(8-4-12)24-17(18)19/h2-10,17H,1H3/b9-5+. The molecule has 24 heavy (non-hydrogen) atoms. The lowest BCUT2D eigenvalue weighted by Gasteiger charge is -2.03. The van der Waals surface area contributed by atoms with Crippen LogP contribution in [0.2, 0.25) is 0 Å². The fourth-order valence-corrected chi connectivity index (χ4v) is 1.99. The number of nitro benzene ring substituents is 1. The molecule has 0 bridgehead atoms. The van der Waals surface area contributed by atoms with Crippen LogP contribution in [0.15, 0.2) is 48.5 Å². The third kappa shape index (κ3) is 4.45. The maximum atomic E-state index is 12.1. The number of rotatable bonds is 6. The van der Waals surface area contributed by atoms with Crippen molar-refractivity contribution in [3.63, 3.8) is 0 Å². The third-order valence-electron chi connectivity index (χ3n) is 3.22. The molecule has 2 aromatic carbocycles. The van der Waals surface area contributed by atoms with Gasteiger partial charge in [0.15, 0.2) is 5.78 Å². The largest absolute Gasteiger partial charge is 0.435 e. The average molecular weight is 333 g/mol. The summed E-state index contributed by atoms with van der Waals surface area (Å²) in [7, 11) is 0. The molecule has 0 aliphatic rings. The average Bonchev–Trinajstić information content (AvgIpc) is 2.53. The van der Waals surface area contributed by atoms with E-state index in [1.807, 2.05) is 0 Å². The Morgan fingerprint density at radius 2 is 1.88 bits per heavy atom. The van der Waals surface area contributed by atoms with E-state index in [1.54, 1.807) is 6.92 Å². The fraction of sp³-hybridized carbons (Fsp3) is 0.118. The lowest BCUT2D eigenvalue weighted by atomic mass is 10.1. The fourth-order valence-electron chi connectivity index (χ4n) is 1.99. The number of nitrogens with zero attached hydrogens (tertiary/aromatic N) is 1. The van der Waals surface area contributed by atoms with Gasteiger partial charge in [-0.25, -0.2) is 0 Å². The van der Waals surface area contributed by atoms with Crippen molar-refractivity contribution in [2.75, 3.05) is 0 Å². The smallest absolute Gasteiger partial charge is 0.387 e. The van der Waals surface area contributed by atoms with E-state index in [1.165, 1.54) is 54.6 Å². The van der Waals surface area contributed by atoms with Crippen molar-refractivity contribution in [3.05, 3.63) is 75.3 Å². The molecule has 0 amide bonds. The highest BCUT2D eigenvalue weighted by Gasteiger charge is 2.13. The second-order valence-electron chi connectivity index (χ2n) is 4.90. The van der Waals surface area contributed by atoms with Crippen molar-refractivity contribution in [2.24, 2.45) is 0 Å². The zero-order chi connectivity index (χ0) is 17.7. The van der Waals surface area contributed by atoms with E-state index in [9.17, 15) is 23.7 Å². The van der Waals surface area contributed by atoms with Gasteiger partial charge in [-0.15, -0.1) is 0 Å². The van der Waals surface area contributed by atoms with E-state index >= 15 is 0 Å². The number of aryl methyl sites for hydroxylation is 1. The molecule has 5 nitrogen and oxygen atoms in total. The molecular formula is C17H13F2NO4. The second-order valence-corrected chi connectivity index (χ2v) is 4.90. The van der Waals surface area contributed by atoms with Crippen LogP contribution in [0.5, 0.6) is 5.75 Å². The Labute approximate surface area is 136 Å². The van der Waals surface area contributed by atoms with Crippen molar-refractivity contribution in [2.45, 2.75) is 13.5 Å². The van der Waals surface area contributed by atoms with E-state index < -0.39 is 17.3 Å². The summed E-state index contributed by atoms with van der Waals surface area (Å²) >= 11 is 0. The van der Waals surface area contributed by atoms with Gasteiger partial charge >= 0.3 is 6.61 Å². The predicted octanol–water partition coefficient (Wildman–Crippen LogP) is 4.40. The predicted molar refractivity (Wildman–Crippen MR) is 84.3 cm³/mol. The highest BCUT2D eigenvalue weighted by molar-refractivity contribution is 6.07. The van der Waals surface area contributed by atoms with Crippen molar-refractivity contribution in [1.29, 1.82) is 0 Å². The summed E-state index contributed by atoms with van der Waals surface area (Å²) in [5.74, 6) is -0.381. The van der Waals surface area contributed by atoms with Crippen LogP contribution in [0.4, 0.5) is 14.5 Å². The molecule has 0 atom stereocenters. The van der Waals surface area contributed by atoms with Gasteiger partial charge in [0, 0.05) is 17.2 Å². The molecule has 0 saturated carbocycles. The number of hydrogen-bond acceptors (Lipinski definition) is 4.